The van der Waals surface area contributed by atoms with E-state index in [1.807, 2.05) is 25.4 Å². The second-order valence-electron chi connectivity index (χ2n) is 5.33. The summed E-state index contributed by atoms with van der Waals surface area (Å²) in [6.45, 7) is 4.20. The molecule has 1 aromatic heterocycles. The highest BCUT2D eigenvalue weighted by Crippen LogP contribution is 2.28. The van der Waals surface area contributed by atoms with Gasteiger partial charge in [-0.1, -0.05) is 17.7 Å². The van der Waals surface area contributed by atoms with Gasteiger partial charge in [0, 0.05) is 11.6 Å². The van der Waals surface area contributed by atoms with Gasteiger partial charge in [-0.15, -0.1) is 0 Å². The van der Waals surface area contributed by atoms with Crippen molar-refractivity contribution in [2.24, 2.45) is 7.05 Å². The number of aryl methyl sites for hydroxylation is 3. The third-order valence-electron chi connectivity index (χ3n) is 3.75. The number of nitrogens with zero attached hydrogens (tertiary/aromatic N) is 1. The van der Waals surface area contributed by atoms with Gasteiger partial charge in [0.25, 0.3) is 0 Å². The van der Waals surface area contributed by atoms with Crippen LogP contribution in [-0.2, 0) is 7.05 Å². The molecule has 0 aliphatic rings. The molecule has 0 unspecified atom stereocenters. The molecule has 0 saturated heterocycles. The van der Waals surface area contributed by atoms with Crippen LogP contribution in [0.15, 0.2) is 48.7 Å². The van der Waals surface area contributed by atoms with Gasteiger partial charge in [0.05, 0.1) is 5.39 Å². The third kappa shape index (κ3) is 2.07. The van der Waals surface area contributed by atoms with E-state index in [0.29, 0.717) is 0 Å². The van der Waals surface area contributed by atoms with Crippen molar-refractivity contribution in [1.82, 2.24) is 0 Å². The summed E-state index contributed by atoms with van der Waals surface area (Å²) in [7, 11) is 2.03. The Labute approximate surface area is 118 Å². The van der Waals surface area contributed by atoms with Crippen LogP contribution in [0.4, 0.5) is 4.39 Å². The predicted molar refractivity (Wildman–Crippen MR) is 80.0 cm³/mol. The average Bonchev–Trinajstić information content (AvgIpc) is 2.42. The van der Waals surface area contributed by atoms with Crippen LogP contribution < -0.4 is 4.57 Å². The molecule has 0 bridgehead atoms. The second-order valence-corrected chi connectivity index (χ2v) is 5.33. The molecular formula is C18H17FN+. The Hall–Kier alpha value is -2.22. The summed E-state index contributed by atoms with van der Waals surface area (Å²) in [5.41, 5.74) is 4.78. The Morgan fingerprint density at radius 1 is 0.950 bits per heavy atom. The fourth-order valence-corrected chi connectivity index (χ4v) is 2.67. The van der Waals surface area contributed by atoms with E-state index in [2.05, 4.69) is 36.6 Å². The summed E-state index contributed by atoms with van der Waals surface area (Å²) < 4.78 is 15.5. The lowest BCUT2D eigenvalue weighted by Gasteiger charge is -2.08. The van der Waals surface area contributed by atoms with Crippen LogP contribution in [0.2, 0.25) is 0 Å². The molecule has 3 aromatic rings. The average molecular weight is 266 g/mol. The van der Waals surface area contributed by atoms with Crippen LogP contribution in [-0.4, -0.2) is 0 Å². The molecule has 3 rings (SSSR count). The third-order valence-corrected chi connectivity index (χ3v) is 3.75. The van der Waals surface area contributed by atoms with Crippen LogP contribution in [0.5, 0.6) is 0 Å². The molecule has 2 heteroatoms. The second kappa shape index (κ2) is 4.71. The normalized spacial score (nSPS) is 11.0. The van der Waals surface area contributed by atoms with E-state index in [1.54, 1.807) is 6.07 Å². The van der Waals surface area contributed by atoms with E-state index in [1.165, 1.54) is 22.8 Å². The first-order valence-corrected chi connectivity index (χ1v) is 6.72. The maximum absolute atomic E-state index is 13.4. The number of rotatable bonds is 1. The molecule has 100 valence electrons. The van der Waals surface area contributed by atoms with Crippen molar-refractivity contribution in [2.75, 3.05) is 0 Å². The highest BCUT2D eigenvalue weighted by molar-refractivity contribution is 5.93. The number of benzene rings is 2. The van der Waals surface area contributed by atoms with Gasteiger partial charge >= 0.3 is 0 Å². The number of pyridine rings is 1. The molecule has 0 aliphatic carbocycles. The molecule has 0 radical (unpaired) electrons. The predicted octanol–water partition coefficient (Wildman–Crippen LogP) is 4.09. The minimum absolute atomic E-state index is 0.196. The Balaban J connectivity index is 2.40. The van der Waals surface area contributed by atoms with Gasteiger partial charge in [-0.25, -0.2) is 8.96 Å². The highest BCUT2D eigenvalue weighted by Gasteiger charge is 2.17. The van der Waals surface area contributed by atoms with E-state index < -0.39 is 0 Å². The number of fused-ring (bicyclic) bond motifs is 1. The van der Waals surface area contributed by atoms with Crippen molar-refractivity contribution in [2.45, 2.75) is 13.8 Å². The van der Waals surface area contributed by atoms with Gasteiger partial charge in [-0.05, 0) is 49.1 Å². The van der Waals surface area contributed by atoms with Crippen LogP contribution in [0, 0.1) is 19.7 Å². The molecule has 0 N–H and O–H groups in total. The van der Waals surface area contributed by atoms with Crippen molar-refractivity contribution < 1.29 is 8.96 Å². The number of aromatic nitrogens is 1. The highest BCUT2D eigenvalue weighted by atomic mass is 19.1. The lowest BCUT2D eigenvalue weighted by molar-refractivity contribution is -0.659. The molecule has 0 aliphatic heterocycles. The fraction of sp³-hybridized carbons (Fsp3) is 0.167. The zero-order chi connectivity index (χ0) is 14.3. The summed E-state index contributed by atoms with van der Waals surface area (Å²) in [5.74, 6) is -0.196. The van der Waals surface area contributed by atoms with Crippen molar-refractivity contribution in [3.05, 3.63) is 65.6 Å². The van der Waals surface area contributed by atoms with Gasteiger partial charge in [0.15, 0.2) is 6.20 Å². The standard InChI is InChI=1S/C18H17FN/c1-12-4-5-13(2)17(10-12)18-16-7-6-15(19)11-14(16)8-9-20(18)3/h4-11H,1-3H3/q+1. The first kappa shape index (κ1) is 12.8. The van der Waals surface area contributed by atoms with Crippen molar-refractivity contribution in [3.63, 3.8) is 0 Å². The maximum atomic E-state index is 13.4. The van der Waals surface area contributed by atoms with Gasteiger partial charge in [0.1, 0.15) is 12.9 Å². The Morgan fingerprint density at radius 2 is 1.75 bits per heavy atom. The molecule has 0 fully saturated rings. The van der Waals surface area contributed by atoms with Gasteiger partial charge in [-0.2, -0.15) is 0 Å². The summed E-state index contributed by atoms with van der Waals surface area (Å²) in [6, 6.07) is 13.4. The molecule has 20 heavy (non-hydrogen) atoms. The molecule has 0 spiro atoms. The number of hydrogen-bond donors (Lipinski definition) is 0. The molecule has 1 heterocycles. The largest absolute Gasteiger partial charge is 0.220 e. The number of hydrogen-bond acceptors (Lipinski definition) is 0. The summed E-state index contributed by atoms with van der Waals surface area (Å²) in [6.07, 6.45) is 1.98. The topological polar surface area (TPSA) is 3.88 Å². The molecule has 0 saturated carbocycles. The van der Waals surface area contributed by atoms with E-state index in [4.69, 9.17) is 0 Å². The molecular weight excluding hydrogens is 249 g/mol. The Bertz CT molecular complexity index is 806. The SMILES string of the molecule is Cc1ccc(C)c(-c2c3ccc(F)cc3cc[n+]2C)c1. The van der Waals surface area contributed by atoms with Crippen LogP contribution in [0.25, 0.3) is 22.0 Å². The molecule has 0 amide bonds. The molecule has 2 aromatic carbocycles. The summed E-state index contributed by atoms with van der Waals surface area (Å²) in [5, 5.41) is 2.00. The monoisotopic (exact) mass is 266 g/mol. The lowest BCUT2D eigenvalue weighted by atomic mass is 9.98. The van der Waals surface area contributed by atoms with E-state index in [0.717, 1.165) is 16.5 Å². The quantitative estimate of drug-likeness (QED) is 0.584. The van der Waals surface area contributed by atoms with Gasteiger partial charge in [-0.3, -0.25) is 0 Å². The van der Waals surface area contributed by atoms with E-state index in [-0.39, 0.29) is 5.82 Å². The van der Waals surface area contributed by atoms with Gasteiger partial charge in [0.2, 0.25) is 5.69 Å². The first-order chi connectivity index (χ1) is 9.56. The molecule has 0 atom stereocenters. The van der Waals surface area contributed by atoms with Crippen molar-refractivity contribution in [1.29, 1.82) is 0 Å². The molecule has 1 nitrogen and oxygen atoms in total. The van der Waals surface area contributed by atoms with Crippen LogP contribution in [0.1, 0.15) is 11.1 Å². The van der Waals surface area contributed by atoms with Crippen molar-refractivity contribution in [3.8, 4) is 11.3 Å². The van der Waals surface area contributed by atoms with Gasteiger partial charge < -0.3 is 0 Å². The zero-order valence-electron chi connectivity index (χ0n) is 11.9. The Kier molecular flexibility index (Phi) is 3.01. The maximum Gasteiger partial charge on any atom is 0.220 e. The van der Waals surface area contributed by atoms with Crippen LogP contribution >= 0.6 is 0 Å². The van der Waals surface area contributed by atoms with E-state index in [9.17, 15) is 4.39 Å². The summed E-state index contributed by atoms with van der Waals surface area (Å²) in [4.78, 5) is 0. The lowest BCUT2D eigenvalue weighted by Crippen LogP contribution is -2.30. The zero-order valence-corrected chi connectivity index (χ0v) is 11.9. The van der Waals surface area contributed by atoms with E-state index >= 15 is 0 Å². The Morgan fingerprint density at radius 3 is 2.55 bits per heavy atom. The van der Waals surface area contributed by atoms with Crippen molar-refractivity contribution >= 4 is 10.8 Å². The number of halogens is 1. The minimum Gasteiger partial charge on any atom is -0.207 e. The summed E-state index contributed by atoms with van der Waals surface area (Å²) >= 11 is 0. The minimum atomic E-state index is -0.196. The van der Waals surface area contributed by atoms with Crippen LogP contribution in [0.3, 0.4) is 0 Å². The fourth-order valence-electron chi connectivity index (χ4n) is 2.67. The smallest absolute Gasteiger partial charge is 0.207 e. The first-order valence-electron chi connectivity index (χ1n) is 6.72.